The number of halogens is 1. The SMILES string of the molecule is Cc1oc(-c2ccccc2)nc1CCOc1cc(CC(C(=O)O)n2cccc2)on1.Cc1oc(-c2ccccc2)nc1CCOc1ccc(CC(F)(C(=O)NS(C)(=O)=O)c2ccccc2)cc1. The average Bonchev–Trinajstić information content (AvgIpc) is 4.16. The normalized spacial score (nSPS) is 12.6. The van der Waals surface area contributed by atoms with Crippen LogP contribution in [0.4, 0.5) is 4.39 Å². The molecule has 0 radical (unpaired) electrons. The largest absolute Gasteiger partial charge is 0.493 e. The highest BCUT2D eigenvalue weighted by atomic mass is 32.2. The number of carboxylic acid groups (broad SMARTS) is 1. The van der Waals surface area contributed by atoms with Crippen LogP contribution in [0.1, 0.15) is 45.8 Å². The Morgan fingerprint density at radius 2 is 1.28 bits per heavy atom. The van der Waals surface area contributed by atoms with Crippen LogP contribution in [-0.4, -0.2) is 64.6 Å². The molecule has 0 aliphatic heterocycles. The molecule has 0 fully saturated rings. The van der Waals surface area contributed by atoms with Crippen molar-refractivity contribution in [3.8, 4) is 34.5 Å². The summed E-state index contributed by atoms with van der Waals surface area (Å²) in [5.74, 6) is 1.75. The van der Waals surface area contributed by atoms with Crippen LogP contribution >= 0.6 is 0 Å². The third kappa shape index (κ3) is 12.7. The second-order valence-corrected chi connectivity index (χ2v) is 17.2. The number of hydrogen-bond donors (Lipinski definition) is 2. The molecule has 4 aromatic heterocycles. The summed E-state index contributed by atoms with van der Waals surface area (Å²) < 4.78 is 70.9. The van der Waals surface area contributed by atoms with Gasteiger partial charge in [0.15, 0.2) is 0 Å². The molecule has 2 unspecified atom stereocenters. The smallest absolute Gasteiger partial charge is 0.327 e. The lowest BCUT2D eigenvalue weighted by atomic mass is 9.88. The Kier molecular flexibility index (Phi) is 15.1. The Hall–Kier alpha value is -7.79. The monoisotopic (exact) mass is 929 g/mol. The van der Waals surface area contributed by atoms with E-state index < -0.39 is 33.6 Å². The number of alkyl halides is 1. The molecule has 1 amide bonds. The highest BCUT2D eigenvalue weighted by Gasteiger charge is 2.42. The summed E-state index contributed by atoms with van der Waals surface area (Å²) in [7, 11) is -3.94. The van der Waals surface area contributed by atoms with Gasteiger partial charge < -0.3 is 32.5 Å². The first-order valence-corrected chi connectivity index (χ1v) is 23.1. The number of rotatable bonds is 19. The number of carbonyl (C=O) groups excluding carboxylic acids is 1. The number of nitrogens with one attached hydrogen (secondary N) is 1. The second kappa shape index (κ2) is 21.5. The molecule has 0 spiro atoms. The number of oxazole rings is 2. The van der Waals surface area contributed by atoms with Crippen LogP contribution in [-0.2, 0) is 51.0 Å². The van der Waals surface area contributed by atoms with E-state index in [1.807, 2.05) is 74.5 Å². The molecule has 2 atom stereocenters. The molecule has 0 aliphatic carbocycles. The van der Waals surface area contributed by atoms with Crippen LogP contribution in [0, 0.1) is 13.8 Å². The van der Waals surface area contributed by atoms with Crippen LogP contribution in [0.2, 0.25) is 0 Å². The highest BCUT2D eigenvalue weighted by Crippen LogP contribution is 2.32. The van der Waals surface area contributed by atoms with Gasteiger partial charge in [0, 0.05) is 55.3 Å². The van der Waals surface area contributed by atoms with Crippen molar-refractivity contribution >= 4 is 21.9 Å². The van der Waals surface area contributed by atoms with Gasteiger partial charge in [0.1, 0.15) is 29.1 Å². The first kappa shape index (κ1) is 47.2. The maximum absolute atomic E-state index is 16.1. The minimum Gasteiger partial charge on any atom is -0.493 e. The molecular formula is C50H48FN5O10S. The number of aromatic nitrogens is 4. The summed E-state index contributed by atoms with van der Waals surface area (Å²) >= 11 is 0. The Balaban J connectivity index is 0.000000203. The van der Waals surface area contributed by atoms with Crippen LogP contribution in [0.5, 0.6) is 11.6 Å². The zero-order chi connectivity index (χ0) is 47.4. The molecule has 346 valence electrons. The number of benzene rings is 4. The van der Waals surface area contributed by atoms with E-state index in [0.717, 1.165) is 40.3 Å². The van der Waals surface area contributed by atoms with E-state index in [0.29, 0.717) is 60.8 Å². The number of sulfonamides is 1. The predicted molar refractivity (Wildman–Crippen MR) is 245 cm³/mol. The molecule has 0 saturated carbocycles. The van der Waals surface area contributed by atoms with Crippen LogP contribution in [0.3, 0.4) is 0 Å². The first-order valence-electron chi connectivity index (χ1n) is 21.2. The third-order valence-electron chi connectivity index (χ3n) is 10.5. The molecule has 8 rings (SSSR count). The van der Waals surface area contributed by atoms with E-state index in [2.05, 4.69) is 15.1 Å². The van der Waals surface area contributed by atoms with Crippen molar-refractivity contribution in [1.82, 2.24) is 24.4 Å². The molecule has 17 heteroatoms. The van der Waals surface area contributed by atoms with Gasteiger partial charge in [0.05, 0.1) is 30.9 Å². The van der Waals surface area contributed by atoms with E-state index >= 15 is 4.39 Å². The lowest BCUT2D eigenvalue weighted by Gasteiger charge is -2.24. The van der Waals surface area contributed by atoms with Gasteiger partial charge in [-0.2, -0.15) is 0 Å². The fraction of sp³-hybridized carbons (Fsp3) is 0.220. The maximum atomic E-state index is 16.1. The fourth-order valence-electron chi connectivity index (χ4n) is 7.02. The van der Waals surface area contributed by atoms with Gasteiger partial charge in [0.25, 0.3) is 11.8 Å². The van der Waals surface area contributed by atoms with Gasteiger partial charge in [-0.15, -0.1) is 0 Å². The summed E-state index contributed by atoms with van der Waals surface area (Å²) in [5, 5.41) is 13.3. The minimum atomic E-state index is -3.94. The van der Waals surface area contributed by atoms with Crippen LogP contribution in [0.15, 0.2) is 159 Å². The first-order chi connectivity index (χ1) is 32.2. The number of carboxylic acids is 1. The highest BCUT2D eigenvalue weighted by molar-refractivity contribution is 7.89. The second-order valence-electron chi connectivity index (χ2n) is 15.5. The van der Waals surface area contributed by atoms with E-state index in [9.17, 15) is 23.1 Å². The molecule has 0 aliphatic rings. The summed E-state index contributed by atoms with van der Waals surface area (Å²) in [5.41, 5.74) is 1.43. The van der Waals surface area contributed by atoms with Crippen molar-refractivity contribution in [1.29, 1.82) is 0 Å². The number of aliphatic carboxylic acids is 1. The number of amides is 1. The summed E-state index contributed by atoms with van der Waals surface area (Å²) in [6.07, 6.45) is 5.13. The van der Waals surface area contributed by atoms with Gasteiger partial charge in [0.2, 0.25) is 27.5 Å². The summed E-state index contributed by atoms with van der Waals surface area (Å²) in [6, 6.07) is 38.2. The molecular weight excluding hydrogens is 882 g/mol. The van der Waals surface area contributed by atoms with E-state index in [4.69, 9.17) is 22.8 Å². The van der Waals surface area contributed by atoms with E-state index in [1.54, 1.807) is 82.3 Å². The molecule has 0 saturated heterocycles. The predicted octanol–water partition coefficient (Wildman–Crippen LogP) is 8.68. The lowest BCUT2D eigenvalue weighted by molar-refractivity contribution is -0.141. The van der Waals surface area contributed by atoms with Gasteiger partial charge in [-0.25, -0.2) is 27.6 Å². The van der Waals surface area contributed by atoms with Crippen LogP contribution < -0.4 is 14.2 Å². The molecule has 4 heterocycles. The molecule has 0 bridgehead atoms. The molecule has 67 heavy (non-hydrogen) atoms. The van der Waals surface area contributed by atoms with E-state index in [1.165, 1.54) is 12.1 Å². The Morgan fingerprint density at radius 1 is 0.761 bits per heavy atom. The van der Waals surface area contributed by atoms with Crippen molar-refractivity contribution in [2.24, 2.45) is 0 Å². The molecule has 15 nitrogen and oxygen atoms in total. The molecule has 2 N–H and O–H groups in total. The average molecular weight is 930 g/mol. The quantitative estimate of drug-likeness (QED) is 0.0781. The van der Waals surface area contributed by atoms with E-state index in [-0.39, 0.29) is 18.4 Å². The Morgan fingerprint density at radius 3 is 1.81 bits per heavy atom. The number of nitrogens with zero attached hydrogens (tertiary/aromatic N) is 4. The fourth-order valence-corrected chi connectivity index (χ4v) is 7.52. The standard InChI is InChI=1S/C28H27FN2O5S.C22H21N3O5/c1-20-25(30-26(36-20)22-9-5-3-6-10-22)17-18-35-24-15-13-21(14-16-24)19-28(29,23-11-7-4-8-12-23)27(32)31-37(2,33)34;1-15-18(23-21(29-15)16-7-3-2-4-8-16)9-12-28-20-14-17(30-24-20)13-19(22(26)27)25-10-5-6-11-25/h3-16H,17-19H2,1-2H3,(H,31,32);2-8,10-11,14,19H,9,12-13H2,1H3,(H,26,27). The third-order valence-corrected chi connectivity index (χ3v) is 11.0. The molecule has 4 aromatic carbocycles. The van der Waals surface area contributed by atoms with Crippen molar-refractivity contribution < 1.29 is 50.3 Å². The van der Waals surface area contributed by atoms with Gasteiger partial charge in [-0.3, -0.25) is 9.52 Å². The summed E-state index contributed by atoms with van der Waals surface area (Å²) in [6.45, 7) is 4.43. The topological polar surface area (TPSA) is 202 Å². The van der Waals surface area contributed by atoms with Gasteiger partial charge in [-0.1, -0.05) is 78.9 Å². The van der Waals surface area contributed by atoms with Crippen molar-refractivity contribution in [2.45, 2.75) is 51.2 Å². The van der Waals surface area contributed by atoms with Crippen molar-refractivity contribution in [2.75, 3.05) is 19.5 Å². The summed E-state index contributed by atoms with van der Waals surface area (Å²) in [4.78, 5) is 33.3. The Bertz CT molecular complexity index is 2960. The minimum absolute atomic E-state index is 0.0642. The number of hydrogen-bond acceptors (Lipinski definition) is 12. The number of carbonyl (C=O) groups is 2. The Labute approximate surface area is 386 Å². The zero-order valence-electron chi connectivity index (χ0n) is 36.9. The molecule has 8 aromatic rings. The lowest BCUT2D eigenvalue weighted by Crippen LogP contribution is -2.45. The number of ether oxygens (including phenoxy) is 2. The zero-order valence-corrected chi connectivity index (χ0v) is 37.7. The maximum Gasteiger partial charge on any atom is 0.327 e. The number of aryl methyl sites for hydroxylation is 2. The van der Waals surface area contributed by atoms with Gasteiger partial charge in [-0.05, 0) is 78.7 Å². The van der Waals surface area contributed by atoms with Crippen LogP contribution in [0.25, 0.3) is 22.9 Å². The van der Waals surface area contributed by atoms with Gasteiger partial charge >= 0.3 is 5.97 Å². The van der Waals surface area contributed by atoms with Crippen molar-refractivity contribution in [3.63, 3.8) is 0 Å². The van der Waals surface area contributed by atoms with Crippen molar-refractivity contribution in [3.05, 3.63) is 186 Å².